The summed E-state index contributed by atoms with van der Waals surface area (Å²) in [4.78, 5) is 3.57. The second-order valence-electron chi connectivity index (χ2n) is 4.67. The monoisotopic (exact) mass is 295 g/mol. The van der Waals surface area contributed by atoms with E-state index in [-0.39, 0.29) is 4.88 Å². The first-order valence-electron chi connectivity index (χ1n) is 6.24. The molecule has 0 amide bonds. The maximum atomic E-state index is 12.5. The Bertz CT molecular complexity index is 427. The molecule has 1 aliphatic rings. The normalized spacial score (nSPS) is 20.7. The highest BCUT2D eigenvalue weighted by atomic mass is 32.1. The van der Waals surface area contributed by atoms with Crippen LogP contribution in [0, 0.1) is 0 Å². The number of aliphatic hydroxyl groups is 1. The zero-order chi connectivity index (χ0) is 14.1. The Morgan fingerprint density at radius 2 is 2.11 bits per heavy atom. The highest BCUT2D eigenvalue weighted by molar-refractivity contribution is 7.11. The fraction of sp³-hybridized carbons (Fsp3) is 0.750. The molecule has 1 unspecified atom stereocenters. The molecule has 7 heteroatoms. The van der Waals surface area contributed by atoms with Gasteiger partial charge in [0.05, 0.1) is 10.5 Å². The minimum Gasteiger partial charge on any atom is -0.384 e. The van der Waals surface area contributed by atoms with Crippen LogP contribution in [-0.4, -0.2) is 22.3 Å². The molecule has 0 aliphatic heterocycles. The molecular formula is C12H16F3NO2S. The van der Waals surface area contributed by atoms with E-state index in [9.17, 15) is 18.3 Å². The van der Waals surface area contributed by atoms with Gasteiger partial charge in [-0.3, -0.25) is 0 Å². The van der Waals surface area contributed by atoms with Crippen LogP contribution in [0.3, 0.4) is 0 Å². The van der Waals surface area contributed by atoms with Crippen LogP contribution in [0.1, 0.15) is 48.6 Å². The maximum Gasteiger partial charge on any atom is 0.443 e. The van der Waals surface area contributed by atoms with Crippen LogP contribution >= 0.6 is 11.3 Å². The van der Waals surface area contributed by atoms with Crippen molar-refractivity contribution in [2.75, 3.05) is 6.61 Å². The van der Waals surface area contributed by atoms with Gasteiger partial charge in [0.15, 0.2) is 5.01 Å². The van der Waals surface area contributed by atoms with Gasteiger partial charge in [0.25, 0.3) is 0 Å². The van der Waals surface area contributed by atoms with Gasteiger partial charge in [-0.2, -0.15) is 13.2 Å². The van der Waals surface area contributed by atoms with Crippen LogP contribution in [0.2, 0.25) is 0 Å². The molecule has 1 saturated carbocycles. The Morgan fingerprint density at radius 1 is 1.47 bits per heavy atom. The Labute approximate surface area is 113 Å². The summed E-state index contributed by atoms with van der Waals surface area (Å²) in [6, 6.07) is 0. The minimum atomic E-state index is -4.46. The number of halogens is 3. The first-order valence-corrected chi connectivity index (χ1v) is 7.05. The molecule has 1 aromatic heterocycles. The van der Waals surface area contributed by atoms with Crippen LogP contribution in [-0.2, 0) is 10.9 Å². The van der Waals surface area contributed by atoms with Crippen molar-refractivity contribution >= 4 is 11.3 Å². The minimum absolute atomic E-state index is 0.225. The first-order chi connectivity index (χ1) is 8.89. The van der Waals surface area contributed by atoms with Gasteiger partial charge in [-0.15, -0.1) is 11.3 Å². The van der Waals surface area contributed by atoms with Gasteiger partial charge in [-0.1, -0.05) is 12.8 Å². The van der Waals surface area contributed by atoms with Crippen molar-refractivity contribution < 1.29 is 23.0 Å². The molecule has 1 N–H and O–H groups in total. The summed E-state index contributed by atoms with van der Waals surface area (Å²) in [6.45, 7) is 2.25. The van der Waals surface area contributed by atoms with Crippen molar-refractivity contribution in [2.24, 2.45) is 0 Å². The van der Waals surface area contributed by atoms with E-state index in [4.69, 9.17) is 4.74 Å². The second-order valence-corrected chi connectivity index (χ2v) is 5.74. The third-order valence-electron chi connectivity index (χ3n) is 3.42. The predicted molar refractivity (Wildman–Crippen MR) is 64.9 cm³/mol. The van der Waals surface area contributed by atoms with Crippen LogP contribution in [0.15, 0.2) is 6.20 Å². The van der Waals surface area contributed by atoms with E-state index >= 15 is 0 Å². The molecule has 0 saturated heterocycles. The molecule has 3 nitrogen and oxygen atoms in total. The lowest BCUT2D eigenvalue weighted by Gasteiger charge is -2.33. The van der Waals surface area contributed by atoms with Gasteiger partial charge in [0.2, 0.25) is 0 Å². The summed E-state index contributed by atoms with van der Waals surface area (Å²) in [5.41, 5.74) is -0.746. The summed E-state index contributed by atoms with van der Waals surface area (Å²) < 4.78 is 43.2. The second kappa shape index (κ2) is 5.38. The lowest BCUT2D eigenvalue weighted by molar-refractivity contribution is -0.137. The Kier molecular flexibility index (Phi) is 4.17. The maximum absolute atomic E-state index is 12.5. The molecule has 1 aliphatic carbocycles. The topological polar surface area (TPSA) is 42.4 Å². The van der Waals surface area contributed by atoms with E-state index in [0.29, 0.717) is 30.8 Å². The number of alkyl halides is 3. The molecule has 1 aromatic rings. The molecular weight excluding hydrogens is 279 g/mol. The fourth-order valence-corrected chi connectivity index (χ4v) is 3.44. The SMILES string of the molecule is CCOC1(C(O)c2cnc(C(F)(F)F)s2)CCCC1. The number of hydrogen-bond donors (Lipinski definition) is 1. The van der Waals surface area contributed by atoms with E-state index in [1.54, 1.807) is 0 Å². The third kappa shape index (κ3) is 2.93. The van der Waals surface area contributed by atoms with E-state index in [1.807, 2.05) is 6.92 Å². The van der Waals surface area contributed by atoms with E-state index < -0.39 is 22.9 Å². The molecule has 1 atom stereocenters. The molecule has 0 radical (unpaired) electrons. The first kappa shape index (κ1) is 14.7. The van der Waals surface area contributed by atoms with Gasteiger partial charge in [-0.05, 0) is 19.8 Å². The van der Waals surface area contributed by atoms with Crippen LogP contribution < -0.4 is 0 Å². The predicted octanol–water partition coefficient (Wildman–Crippen LogP) is 3.54. The average molecular weight is 295 g/mol. The summed E-state index contributed by atoms with van der Waals surface area (Å²) in [5.74, 6) is 0. The van der Waals surface area contributed by atoms with Crippen LogP contribution in [0.5, 0.6) is 0 Å². The third-order valence-corrected chi connectivity index (χ3v) is 4.51. The van der Waals surface area contributed by atoms with Crippen molar-refractivity contribution in [3.8, 4) is 0 Å². The van der Waals surface area contributed by atoms with Gasteiger partial charge in [0.1, 0.15) is 6.10 Å². The summed E-state index contributed by atoms with van der Waals surface area (Å²) in [6.07, 6.45) is -1.22. The number of ether oxygens (including phenoxy) is 1. The van der Waals surface area contributed by atoms with Crippen molar-refractivity contribution in [3.63, 3.8) is 0 Å². The smallest absolute Gasteiger partial charge is 0.384 e. The molecule has 0 aromatic carbocycles. The van der Waals surface area contributed by atoms with Gasteiger partial charge >= 0.3 is 6.18 Å². The standard InChI is InChI=1S/C12H16F3NO2S/c1-2-18-11(5-3-4-6-11)9(17)8-7-16-10(19-8)12(13,14)15/h7,9,17H,2-6H2,1H3. The van der Waals surface area contributed by atoms with Crippen molar-refractivity contribution in [3.05, 3.63) is 16.1 Å². The lowest BCUT2D eigenvalue weighted by Crippen LogP contribution is -2.36. The number of hydrogen-bond acceptors (Lipinski definition) is 4. The van der Waals surface area contributed by atoms with Gasteiger partial charge < -0.3 is 9.84 Å². The lowest BCUT2D eigenvalue weighted by atomic mass is 9.93. The average Bonchev–Trinajstić information content (AvgIpc) is 2.96. The number of thiazole rings is 1. The summed E-state index contributed by atoms with van der Waals surface area (Å²) >= 11 is 0.493. The van der Waals surface area contributed by atoms with E-state index in [1.165, 1.54) is 0 Å². The van der Waals surface area contributed by atoms with Gasteiger partial charge in [0, 0.05) is 12.8 Å². The number of aromatic nitrogens is 1. The van der Waals surface area contributed by atoms with Crippen molar-refractivity contribution in [2.45, 2.75) is 50.5 Å². The Morgan fingerprint density at radius 3 is 2.58 bits per heavy atom. The zero-order valence-corrected chi connectivity index (χ0v) is 11.4. The number of nitrogens with zero attached hydrogens (tertiary/aromatic N) is 1. The molecule has 0 bridgehead atoms. The molecule has 0 spiro atoms. The molecule has 108 valence electrons. The summed E-state index contributed by atoms with van der Waals surface area (Å²) in [5, 5.41) is 9.43. The molecule has 1 heterocycles. The molecule has 1 fully saturated rings. The Hall–Kier alpha value is -0.660. The number of aliphatic hydroxyl groups excluding tert-OH is 1. The molecule has 19 heavy (non-hydrogen) atoms. The fourth-order valence-electron chi connectivity index (χ4n) is 2.56. The molecule has 2 rings (SSSR count). The quantitative estimate of drug-likeness (QED) is 0.923. The van der Waals surface area contributed by atoms with Crippen LogP contribution in [0.25, 0.3) is 0 Å². The Balaban J connectivity index is 2.22. The highest BCUT2D eigenvalue weighted by Crippen LogP contribution is 2.45. The number of rotatable bonds is 4. The van der Waals surface area contributed by atoms with E-state index in [0.717, 1.165) is 19.0 Å². The largest absolute Gasteiger partial charge is 0.443 e. The summed E-state index contributed by atoms with van der Waals surface area (Å²) in [7, 11) is 0. The van der Waals surface area contributed by atoms with E-state index in [2.05, 4.69) is 4.98 Å². The van der Waals surface area contributed by atoms with Gasteiger partial charge in [-0.25, -0.2) is 4.98 Å². The zero-order valence-electron chi connectivity index (χ0n) is 10.5. The highest BCUT2D eigenvalue weighted by Gasteiger charge is 2.44. The van der Waals surface area contributed by atoms with Crippen molar-refractivity contribution in [1.82, 2.24) is 4.98 Å². The van der Waals surface area contributed by atoms with Crippen LogP contribution in [0.4, 0.5) is 13.2 Å². The van der Waals surface area contributed by atoms with Crippen molar-refractivity contribution in [1.29, 1.82) is 0 Å².